The van der Waals surface area contributed by atoms with Gasteiger partial charge in [0, 0.05) is 20.8 Å². The van der Waals surface area contributed by atoms with E-state index in [1.54, 1.807) is 0 Å². The molecule has 7 heteroatoms. The highest BCUT2D eigenvalue weighted by atomic mass is 79.9. The molecule has 5 aromatic rings. The molecule has 0 atom stereocenters. The number of hydrogen-bond acceptors (Lipinski definition) is 5. The van der Waals surface area contributed by atoms with Crippen molar-refractivity contribution in [3.05, 3.63) is 76.8 Å². The highest BCUT2D eigenvalue weighted by molar-refractivity contribution is 9.10. The molecule has 0 unspecified atom stereocenters. The second kappa shape index (κ2) is 7.35. The number of H-pyrrole nitrogens is 1. The minimum Gasteiger partial charge on any atom is -0.493 e. The van der Waals surface area contributed by atoms with Gasteiger partial charge in [-0.05, 0) is 37.3 Å². The molecule has 0 bridgehead atoms. The molecule has 0 aliphatic carbocycles. The van der Waals surface area contributed by atoms with Gasteiger partial charge in [0.2, 0.25) is 5.88 Å². The average molecular weight is 458 g/mol. The fourth-order valence-electron chi connectivity index (χ4n) is 3.42. The lowest BCUT2D eigenvalue weighted by atomic mass is 10.1. The molecule has 2 aromatic heterocycles. The van der Waals surface area contributed by atoms with E-state index < -0.39 is 0 Å². The Morgan fingerprint density at radius 2 is 1.73 bits per heavy atom. The first-order valence-corrected chi connectivity index (χ1v) is 10.1. The maximum absolute atomic E-state index is 10.3. The predicted octanol–water partition coefficient (Wildman–Crippen LogP) is 6.97. The molecular weight excluding hydrogens is 442 g/mol. The van der Waals surface area contributed by atoms with E-state index in [9.17, 15) is 5.11 Å². The lowest BCUT2D eigenvalue weighted by Gasteiger charge is -2.07. The van der Waals surface area contributed by atoms with Gasteiger partial charge in [0.25, 0.3) is 5.95 Å². The summed E-state index contributed by atoms with van der Waals surface area (Å²) in [5.74, 6) is 0.192. The number of aryl methyl sites for hydroxylation is 1. The minimum atomic E-state index is -0.0349. The van der Waals surface area contributed by atoms with Gasteiger partial charge in [-0.1, -0.05) is 57.9 Å². The fraction of sp³-hybridized carbons (Fsp3) is 0.0435. The lowest BCUT2D eigenvalue weighted by Crippen LogP contribution is -1.90. The molecule has 3 aromatic carbocycles. The van der Waals surface area contributed by atoms with Crippen LogP contribution in [0.4, 0.5) is 11.6 Å². The largest absolute Gasteiger partial charge is 0.493 e. The van der Waals surface area contributed by atoms with Crippen LogP contribution in [0.2, 0.25) is 0 Å². The van der Waals surface area contributed by atoms with E-state index in [-0.39, 0.29) is 11.8 Å². The van der Waals surface area contributed by atoms with Gasteiger partial charge < -0.3 is 10.1 Å². The molecule has 146 valence electrons. The topological polar surface area (TPSA) is 86.5 Å². The summed E-state index contributed by atoms with van der Waals surface area (Å²) < 4.78 is 0.948. The van der Waals surface area contributed by atoms with Crippen molar-refractivity contribution in [1.82, 2.24) is 15.0 Å². The number of rotatable bonds is 3. The van der Waals surface area contributed by atoms with Gasteiger partial charge in [-0.25, -0.2) is 9.97 Å². The van der Waals surface area contributed by atoms with Crippen molar-refractivity contribution in [3.8, 4) is 17.1 Å². The first-order chi connectivity index (χ1) is 14.6. The number of benzene rings is 3. The lowest BCUT2D eigenvalue weighted by molar-refractivity contribution is 0.459. The number of hydrogen-bond donors (Lipinski definition) is 2. The first-order valence-electron chi connectivity index (χ1n) is 9.34. The number of nitrogens with one attached hydrogen (secondary N) is 1. The maximum atomic E-state index is 10.3. The van der Waals surface area contributed by atoms with Crippen molar-refractivity contribution in [2.75, 3.05) is 0 Å². The molecule has 0 aliphatic rings. The summed E-state index contributed by atoms with van der Waals surface area (Å²) in [6, 6.07) is 21.6. The second-order valence-electron chi connectivity index (χ2n) is 6.97. The molecule has 0 fully saturated rings. The van der Waals surface area contributed by atoms with E-state index in [0.717, 1.165) is 43.1 Å². The number of azo groups is 1. The van der Waals surface area contributed by atoms with Crippen molar-refractivity contribution in [2.24, 2.45) is 10.2 Å². The quantitative estimate of drug-likeness (QED) is 0.286. The average Bonchev–Trinajstić information content (AvgIpc) is 3.06. The number of halogens is 1. The molecule has 30 heavy (non-hydrogen) atoms. The Morgan fingerprint density at radius 1 is 0.900 bits per heavy atom. The molecule has 2 N–H and O–H groups in total. The van der Waals surface area contributed by atoms with Gasteiger partial charge in [-0.2, -0.15) is 0 Å². The Balaban J connectivity index is 1.66. The normalized spacial score (nSPS) is 11.7. The van der Waals surface area contributed by atoms with Gasteiger partial charge in [-0.3, -0.25) is 0 Å². The van der Waals surface area contributed by atoms with Crippen LogP contribution < -0.4 is 0 Å². The molecule has 0 aliphatic heterocycles. The number of aromatic amines is 1. The van der Waals surface area contributed by atoms with Crippen LogP contribution in [0.15, 0.2) is 81.4 Å². The zero-order valence-corrected chi connectivity index (χ0v) is 17.6. The van der Waals surface area contributed by atoms with E-state index in [2.05, 4.69) is 41.1 Å². The zero-order chi connectivity index (χ0) is 20.7. The molecule has 0 radical (unpaired) electrons. The van der Waals surface area contributed by atoms with E-state index in [0.29, 0.717) is 5.69 Å². The van der Waals surface area contributed by atoms with Gasteiger partial charge in [0.05, 0.1) is 16.7 Å². The maximum Gasteiger partial charge on any atom is 0.270 e. The van der Waals surface area contributed by atoms with E-state index in [1.165, 1.54) is 0 Å². The van der Waals surface area contributed by atoms with Crippen molar-refractivity contribution >= 4 is 49.4 Å². The molecule has 2 heterocycles. The fourth-order valence-corrected chi connectivity index (χ4v) is 3.78. The predicted molar refractivity (Wildman–Crippen MR) is 122 cm³/mol. The van der Waals surface area contributed by atoms with Crippen LogP contribution in [0.25, 0.3) is 33.1 Å². The molecule has 0 amide bonds. The van der Waals surface area contributed by atoms with Gasteiger partial charge in [0.15, 0.2) is 5.69 Å². The molecule has 6 nitrogen and oxygen atoms in total. The number of nitrogens with zero attached hydrogens (tertiary/aromatic N) is 4. The molecule has 0 saturated heterocycles. The Labute approximate surface area is 180 Å². The monoisotopic (exact) mass is 457 g/mol. The summed E-state index contributed by atoms with van der Waals surface area (Å²) in [7, 11) is 0. The number of fused-ring (bicyclic) bond motifs is 2. The summed E-state index contributed by atoms with van der Waals surface area (Å²) in [5.41, 5.74) is 4.73. The van der Waals surface area contributed by atoms with E-state index >= 15 is 0 Å². The first kappa shape index (κ1) is 18.4. The molecule has 5 rings (SSSR count). The molecular formula is C23H16BrN5O. The van der Waals surface area contributed by atoms with Crippen LogP contribution in [0, 0.1) is 6.92 Å². The van der Waals surface area contributed by atoms with Gasteiger partial charge in [-0.15, -0.1) is 10.2 Å². The van der Waals surface area contributed by atoms with E-state index in [1.807, 2.05) is 73.7 Å². The Bertz CT molecular complexity index is 1430. The van der Waals surface area contributed by atoms with Gasteiger partial charge in [0.1, 0.15) is 0 Å². The second-order valence-corrected chi connectivity index (χ2v) is 7.89. The smallest absolute Gasteiger partial charge is 0.270 e. The van der Waals surface area contributed by atoms with Crippen LogP contribution in [0.1, 0.15) is 5.56 Å². The van der Waals surface area contributed by atoms with Crippen LogP contribution in [-0.4, -0.2) is 20.1 Å². The Kier molecular flexibility index (Phi) is 4.52. The van der Waals surface area contributed by atoms with Crippen LogP contribution in [-0.2, 0) is 0 Å². The molecule has 0 spiro atoms. The van der Waals surface area contributed by atoms with Crippen LogP contribution in [0.3, 0.4) is 0 Å². The number of aromatic hydroxyl groups is 1. The van der Waals surface area contributed by atoms with Crippen LogP contribution >= 0.6 is 15.9 Å². The third kappa shape index (κ3) is 3.33. The summed E-state index contributed by atoms with van der Waals surface area (Å²) in [6.07, 6.45) is 0. The summed E-state index contributed by atoms with van der Waals surface area (Å²) in [6.45, 7) is 1.99. The SMILES string of the molecule is Cc1ccc2[nH]c(O)c(N=Nc3nc(-c4ccccc4)c4cc(Br)ccc4n3)c2c1. The summed E-state index contributed by atoms with van der Waals surface area (Å²) >= 11 is 3.52. The minimum absolute atomic E-state index is 0.0349. The van der Waals surface area contributed by atoms with Gasteiger partial charge >= 0.3 is 0 Å². The summed E-state index contributed by atoms with van der Waals surface area (Å²) in [4.78, 5) is 12.1. The van der Waals surface area contributed by atoms with Crippen molar-refractivity contribution in [2.45, 2.75) is 6.92 Å². The standard InChI is InChI=1S/C23H16BrN5O/c1-13-7-9-18-16(11-13)21(22(30)25-18)28-29-23-26-19-10-8-15(24)12-17(19)20(27-23)14-5-3-2-4-6-14/h2-12,25,30H,1H3. The number of aromatic nitrogens is 3. The van der Waals surface area contributed by atoms with Crippen molar-refractivity contribution in [1.29, 1.82) is 0 Å². The zero-order valence-electron chi connectivity index (χ0n) is 16.0. The Hall–Kier alpha value is -3.58. The molecule has 0 saturated carbocycles. The van der Waals surface area contributed by atoms with Crippen molar-refractivity contribution in [3.63, 3.8) is 0 Å². The highest BCUT2D eigenvalue weighted by Crippen LogP contribution is 2.37. The van der Waals surface area contributed by atoms with E-state index in [4.69, 9.17) is 0 Å². The summed E-state index contributed by atoms with van der Waals surface area (Å²) in [5, 5.41) is 20.5. The highest BCUT2D eigenvalue weighted by Gasteiger charge is 2.13. The van der Waals surface area contributed by atoms with Crippen LogP contribution in [0.5, 0.6) is 5.88 Å². The third-order valence-electron chi connectivity index (χ3n) is 4.84. The van der Waals surface area contributed by atoms with Crippen molar-refractivity contribution < 1.29 is 5.11 Å². The third-order valence-corrected chi connectivity index (χ3v) is 5.33. The Morgan fingerprint density at radius 3 is 2.57 bits per heavy atom.